The van der Waals surface area contributed by atoms with Crippen molar-refractivity contribution in [3.63, 3.8) is 0 Å². The largest absolute Gasteiger partial charge is 0.467 e. The molecule has 2 heterocycles. The van der Waals surface area contributed by atoms with Crippen LogP contribution in [0.25, 0.3) is 0 Å². The summed E-state index contributed by atoms with van der Waals surface area (Å²) >= 11 is 0. The molecule has 2 N–H and O–H groups in total. The Labute approximate surface area is 118 Å². The summed E-state index contributed by atoms with van der Waals surface area (Å²) in [7, 11) is 0. The minimum atomic E-state index is -0.354. The molecule has 1 aromatic rings. The van der Waals surface area contributed by atoms with Gasteiger partial charge in [0.2, 0.25) is 5.91 Å². The molecule has 0 bridgehead atoms. The molecule has 2 rings (SSSR count). The number of hydrogen-bond acceptors (Lipinski definition) is 5. The zero-order chi connectivity index (χ0) is 14.6. The predicted molar refractivity (Wildman–Crippen MR) is 73.0 cm³/mol. The Balaban J connectivity index is 1.80. The maximum Gasteiger partial charge on any atom is 0.234 e. The van der Waals surface area contributed by atoms with Gasteiger partial charge in [0.25, 0.3) is 0 Å². The Morgan fingerprint density at radius 2 is 2.40 bits per heavy atom. The second kappa shape index (κ2) is 6.39. The van der Waals surface area contributed by atoms with E-state index in [0.29, 0.717) is 26.2 Å². The monoisotopic (exact) mass is 282 g/mol. The number of carbonyl (C=O) groups is 1. The molecule has 1 atom stereocenters. The van der Waals surface area contributed by atoms with Crippen LogP contribution in [0.1, 0.15) is 19.6 Å². The van der Waals surface area contributed by atoms with Crippen molar-refractivity contribution in [2.45, 2.75) is 32.1 Å². The van der Waals surface area contributed by atoms with E-state index in [-0.39, 0.29) is 24.2 Å². The van der Waals surface area contributed by atoms with Crippen LogP contribution in [-0.2, 0) is 16.1 Å². The van der Waals surface area contributed by atoms with Gasteiger partial charge >= 0.3 is 0 Å². The molecular weight excluding hydrogens is 260 g/mol. The third kappa shape index (κ3) is 4.33. The van der Waals surface area contributed by atoms with Crippen LogP contribution < -0.4 is 5.32 Å². The van der Waals surface area contributed by atoms with E-state index in [0.717, 1.165) is 5.76 Å². The van der Waals surface area contributed by atoms with Crippen molar-refractivity contribution < 1.29 is 19.1 Å². The zero-order valence-corrected chi connectivity index (χ0v) is 12.0. The van der Waals surface area contributed by atoms with Gasteiger partial charge in [-0.1, -0.05) is 0 Å². The van der Waals surface area contributed by atoms with E-state index in [9.17, 15) is 9.90 Å². The molecule has 0 aromatic carbocycles. The van der Waals surface area contributed by atoms with E-state index in [4.69, 9.17) is 9.15 Å². The van der Waals surface area contributed by atoms with Gasteiger partial charge in [0.15, 0.2) is 0 Å². The number of aliphatic hydroxyl groups excluding tert-OH is 1. The number of hydrogen-bond donors (Lipinski definition) is 2. The topological polar surface area (TPSA) is 74.9 Å². The maximum atomic E-state index is 11.9. The molecule has 0 aliphatic carbocycles. The van der Waals surface area contributed by atoms with Crippen molar-refractivity contribution in [3.05, 3.63) is 24.2 Å². The first-order valence-electron chi connectivity index (χ1n) is 6.78. The number of rotatable bonds is 5. The number of amides is 1. The summed E-state index contributed by atoms with van der Waals surface area (Å²) in [5.74, 6) is 0.671. The lowest BCUT2D eigenvalue weighted by molar-refractivity contribution is -0.153. The van der Waals surface area contributed by atoms with Gasteiger partial charge in [0.1, 0.15) is 5.76 Å². The van der Waals surface area contributed by atoms with Crippen LogP contribution in [-0.4, -0.2) is 53.9 Å². The van der Waals surface area contributed by atoms with Gasteiger partial charge in [-0.3, -0.25) is 9.69 Å². The zero-order valence-electron chi connectivity index (χ0n) is 12.0. The highest BCUT2D eigenvalue weighted by atomic mass is 16.5. The summed E-state index contributed by atoms with van der Waals surface area (Å²) in [5, 5.41) is 12.1. The first kappa shape index (κ1) is 15.0. The number of ether oxygens (including phenoxy) is 1. The number of morpholine rings is 1. The lowest BCUT2D eigenvalue weighted by Gasteiger charge is -2.41. The van der Waals surface area contributed by atoms with E-state index < -0.39 is 0 Å². The van der Waals surface area contributed by atoms with Gasteiger partial charge in [-0.05, 0) is 26.0 Å². The van der Waals surface area contributed by atoms with Crippen molar-refractivity contribution in [3.8, 4) is 0 Å². The van der Waals surface area contributed by atoms with Crippen LogP contribution >= 0.6 is 0 Å². The molecule has 1 aliphatic heterocycles. The molecular formula is C14H22N2O4. The average Bonchev–Trinajstić information content (AvgIpc) is 2.87. The highest BCUT2D eigenvalue weighted by Gasteiger charge is 2.33. The van der Waals surface area contributed by atoms with Gasteiger partial charge in [0.05, 0.1) is 37.7 Å². The van der Waals surface area contributed by atoms with Gasteiger partial charge in [-0.15, -0.1) is 0 Å². The van der Waals surface area contributed by atoms with Crippen LogP contribution in [0.3, 0.4) is 0 Å². The fourth-order valence-corrected chi connectivity index (χ4v) is 2.49. The summed E-state index contributed by atoms with van der Waals surface area (Å²) in [5.41, 5.74) is -0.354. The molecule has 0 saturated carbocycles. The summed E-state index contributed by atoms with van der Waals surface area (Å²) in [6.45, 7) is 5.80. The van der Waals surface area contributed by atoms with Gasteiger partial charge in [-0.2, -0.15) is 0 Å². The van der Waals surface area contributed by atoms with Crippen molar-refractivity contribution in [1.82, 2.24) is 10.2 Å². The minimum Gasteiger partial charge on any atom is -0.467 e. The smallest absolute Gasteiger partial charge is 0.234 e. The third-order valence-corrected chi connectivity index (χ3v) is 3.16. The van der Waals surface area contributed by atoms with E-state index in [1.54, 1.807) is 12.3 Å². The van der Waals surface area contributed by atoms with Crippen LogP contribution in [0.4, 0.5) is 0 Å². The molecule has 1 unspecified atom stereocenters. The molecule has 1 aromatic heterocycles. The van der Waals surface area contributed by atoms with E-state index in [1.807, 2.05) is 24.8 Å². The van der Waals surface area contributed by atoms with Crippen molar-refractivity contribution in [2.75, 3.05) is 26.2 Å². The Morgan fingerprint density at radius 1 is 1.60 bits per heavy atom. The quantitative estimate of drug-likeness (QED) is 0.816. The number of furan rings is 1. The minimum absolute atomic E-state index is 0.0338. The SMILES string of the molecule is CC1(C)CN(CC(=O)NCc2ccco2)CC(CO)O1. The second-order valence-corrected chi connectivity index (χ2v) is 5.71. The van der Waals surface area contributed by atoms with E-state index in [1.165, 1.54) is 0 Å². The summed E-state index contributed by atoms with van der Waals surface area (Å²) in [6.07, 6.45) is 1.34. The predicted octanol–water partition coefficient (Wildman–Crippen LogP) is 0.367. The second-order valence-electron chi connectivity index (χ2n) is 5.71. The summed E-state index contributed by atoms with van der Waals surface area (Å²) in [6, 6.07) is 3.61. The number of carbonyl (C=O) groups excluding carboxylic acids is 1. The van der Waals surface area contributed by atoms with Gasteiger partial charge in [-0.25, -0.2) is 0 Å². The van der Waals surface area contributed by atoms with Gasteiger partial charge < -0.3 is 19.6 Å². The fourth-order valence-electron chi connectivity index (χ4n) is 2.49. The van der Waals surface area contributed by atoms with E-state index >= 15 is 0 Å². The van der Waals surface area contributed by atoms with Gasteiger partial charge in [0, 0.05) is 13.1 Å². The molecule has 1 fully saturated rings. The van der Waals surface area contributed by atoms with E-state index in [2.05, 4.69) is 5.32 Å². The molecule has 0 spiro atoms. The van der Waals surface area contributed by atoms with Crippen molar-refractivity contribution in [1.29, 1.82) is 0 Å². The number of nitrogens with zero attached hydrogens (tertiary/aromatic N) is 1. The molecule has 0 radical (unpaired) electrons. The summed E-state index contributed by atoms with van der Waals surface area (Å²) in [4.78, 5) is 13.9. The first-order chi connectivity index (χ1) is 9.48. The number of aliphatic hydroxyl groups is 1. The average molecular weight is 282 g/mol. The van der Waals surface area contributed by atoms with Crippen LogP contribution in [0.15, 0.2) is 22.8 Å². The molecule has 112 valence electrons. The molecule has 1 saturated heterocycles. The van der Waals surface area contributed by atoms with Crippen molar-refractivity contribution in [2.24, 2.45) is 0 Å². The molecule has 1 amide bonds. The molecule has 6 heteroatoms. The molecule has 1 aliphatic rings. The standard InChI is InChI=1S/C14H22N2O4/c1-14(2)10-16(7-12(9-17)20-14)8-13(18)15-6-11-4-3-5-19-11/h3-5,12,17H,6-10H2,1-2H3,(H,15,18). The van der Waals surface area contributed by atoms with Crippen LogP contribution in [0, 0.1) is 0 Å². The first-order valence-corrected chi connectivity index (χ1v) is 6.78. The van der Waals surface area contributed by atoms with Crippen LogP contribution in [0.2, 0.25) is 0 Å². The highest BCUT2D eigenvalue weighted by molar-refractivity contribution is 5.77. The molecule has 6 nitrogen and oxygen atoms in total. The normalized spacial score (nSPS) is 22.6. The Kier molecular flexibility index (Phi) is 4.80. The summed E-state index contributed by atoms with van der Waals surface area (Å²) < 4.78 is 10.9. The molecule has 20 heavy (non-hydrogen) atoms. The Bertz CT molecular complexity index is 430. The van der Waals surface area contributed by atoms with Crippen LogP contribution in [0.5, 0.6) is 0 Å². The maximum absolute atomic E-state index is 11.9. The highest BCUT2D eigenvalue weighted by Crippen LogP contribution is 2.20. The van der Waals surface area contributed by atoms with Crippen molar-refractivity contribution >= 4 is 5.91 Å². The lowest BCUT2D eigenvalue weighted by atomic mass is 10.1. The third-order valence-electron chi connectivity index (χ3n) is 3.16. The lowest BCUT2D eigenvalue weighted by Crippen LogP contribution is -2.55. The Hall–Kier alpha value is -1.37. The Morgan fingerprint density at radius 3 is 3.05 bits per heavy atom. The fraction of sp³-hybridized carbons (Fsp3) is 0.643. The number of nitrogens with one attached hydrogen (secondary N) is 1.